The van der Waals surface area contributed by atoms with E-state index >= 15 is 0 Å². The molecule has 5 nitrogen and oxygen atoms in total. The van der Waals surface area contributed by atoms with E-state index in [1.807, 2.05) is 30.3 Å². The van der Waals surface area contributed by atoms with Crippen molar-refractivity contribution >= 4 is 27.8 Å². The number of hydrogen-bond donors (Lipinski definition) is 0. The zero-order valence-corrected chi connectivity index (χ0v) is 12.3. The van der Waals surface area contributed by atoms with Crippen molar-refractivity contribution < 1.29 is 13.9 Å². The number of furan rings is 1. The molecule has 0 unspecified atom stereocenters. The molecule has 0 fully saturated rings. The van der Waals surface area contributed by atoms with Crippen molar-refractivity contribution in [3.63, 3.8) is 0 Å². The predicted octanol–water partition coefficient (Wildman–Crippen LogP) is 3.83. The number of esters is 1. The van der Waals surface area contributed by atoms with E-state index in [0.29, 0.717) is 11.3 Å². The molecule has 0 bridgehead atoms. The molecule has 3 aromatic heterocycles. The zero-order valence-electron chi connectivity index (χ0n) is 12.3. The minimum atomic E-state index is -0.473. The van der Waals surface area contributed by atoms with Crippen molar-refractivity contribution in [2.24, 2.45) is 0 Å². The summed E-state index contributed by atoms with van der Waals surface area (Å²) < 4.78 is 10.6. The van der Waals surface area contributed by atoms with E-state index in [4.69, 9.17) is 9.15 Å². The van der Waals surface area contributed by atoms with Gasteiger partial charge in [0.25, 0.3) is 0 Å². The molecule has 0 aliphatic rings. The van der Waals surface area contributed by atoms with Gasteiger partial charge < -0.3 is 9.15 Å². The van der Waals surface area contributed by atoms with Crippen LogP contribution in [0.5, 0.6) is 0 Å². The Hall–Kier alpha value is -3.21. The summed E-state index contributed by atoms with van der Waals surface area (Å²) >= 11 is 0. The van der Waals surface area contributed by atoms with E-state index in [1.54, 1.807) is 24.5 Å². The second-order valence-corrected chi connectivity index (χ2v) is 5.10. The Bertz CT molecular complexity index is 1000. The molecule has 0 atom stereocenters. The van der Waals surface area contributed by atoms with Crippen molar-refractivity contribution in [1.29, 1.82) is 0 Å². The number of carbonyl (C=O) groups is 1. The Morgan fingerprint density at radius 1 is 1.09 bits per heavy atom. The van der Waals surface area contributed by atoms with Gasteiger partial charge in [0.2, 0.25) is 0 Å². The Balaban J connectivity index is 1.96. The maximum Gasteiger partial charge on any atom is 0.356 e. The maximum absolute atomic E-state index is 11.7. The third-order valence-corrected chi connectivity index (χ3v) is 3.68. The Morgan fingerprint density at radius 2 is 1.96 bits per heavy atom. The summed E-state index contributed by atoms with van der Waals surface area (Å²) in [5, 5.41) is 1.83. The normalized spacial score (nSPS) is 11.0. The topological polar surface area (TPSA) is 65.2 Å². The predicted molar refractivity (Wildman–Crippen MR) is 86.1 cm³/mol. The van der Waals surface area contributed by atoms with Gasteiger partial charge in [-0.15, -0.1) is 0 Å². The Morgan fingerprint density at radius 3 is 2.78 bits per heavy atom. The molecule has 0 aliphatic heterocycles. The number of hydrogen-bond acceptors (Lipinski definition) is 5. The maximum atomic E-state index is 11.7. The van der Waals surface area contributed by atoms with Gasteiger partial charge in [0.1, 0.15) is 17.0 Å². The molecule has 3 heterocycles. The summed E-state index contributed by atoms with van der Waals surface area (Å²) in [7, 11) is 1.33. The van der Waals surface area contributed by atoms with Crippen LogP contribution in [0.2, 0.25) is 0 Å². The summed E-state index contributed by atoms with van der Waals surface area (Å²) in [6.45, 7) is 0. The van der Waals surface area contributed by atoms with Gasteiger partial charge in [0.05, 0.1) is 18.2 Å². The average molecular weight is 304 g/mol. The van der Waals surface area contributed by atoms with Crippen molar-refractivity contribution in [1.82, 2.24) is 9.97 Å². The fraction of sp³-hybridized carbons (Fsp3) is 0.0556. The van der Waals surface area contributed by atoms with Crippen LogP contribution in [-0.2, 0) is 4.74 Å². The fourth-order valence-corrected chi connectivity index (χ4v) is 2.56. The first-order valence-electron chi connectivity index (χ1n) is 7.08. The second kappa shape index (κ2) is 5.21. The highest BCUT2D eigenvalue weighted by Gasteiger charge is 2.14. The highest BCUT2D eigenvalue weighted by atomic mass is 16.5. The lowest BCUT2D eigenvalue weighted by Crippen LogP contribution is -2.04. The van der Waals surface area contributed by atoms with Gasteiger partial charge in [-0.25, -0.2) is 9.78 Å². The van der Waals surface area contributed by atoms with Crippen molar-refractivity contribution in [2.75, 3.05) is 7.11 Å². The number of pyridine rings is 2. The molecule has 23 heavy (non-hydrogen) atoms. The van der Waals surface area contributed by atoms with Crippen molar-refractivity contribution in [3.8, 4) is 11.3 Å². The number of ether oxygens (including phenoxy) is 1. The molecule has 112 valence electrons. The van der Waals surface area contributed by atoms with Crippen LogP contribution >= 0.6 is 0 Å². The number of para-hydroxylation sites is 1. The largest absolute Gasteiger partial charge is 0.464 e. The summed E-state index contributed by atoms with van der Waals surface area (Å²) in [5.74, 6) is 0.193. The van der Waals surface area contributed by atoms with Gasteiger partial charge in [0.15, 0.2) is 0 Å². The van der Waals surface area contributed by atoms with Crippen LogP contribution in [0.15, 0.2) is 59.3 Å². The van der Waals surface area contributed by atoms with Crippen LogP contribution in [0.3, 0.4) is 0 Å². The Labute approximate surface area is 131 Å². The van der Waals surface area contributed by atoms with E-state index in [0.717, 1.165) is 21.9 Å². The summed E-state index contributed by atoms with van der Waals surface area (Å²) in [5.41, 5.74) is 2.44. The third-order valence-electron chi connectivity index (χ3n) is 3.68. The number of aromatic nitrogens is 2. The van der Waals surface area contributed by atoms with Crippen LogP contribution in [0.4, 0.5) is 0 Å². The molecule has 0 saturated heterocycles. The van der Waals surface area contributed by atoms with Gasteiger partial charge in [-0.2, -0.15) is 0 Å². The molecule has 0 radical (unpaired) electrons. The van der Waals surface area contributed by atoms with Gasteiger partial charge in [-0.1, -0.05) is 18.2 Å². The molecule has 4 rings (SSSR count). The molecule has 4 aromatic rings. The van der Waals surface area contributed by atoms with Crippen LogP contribution in [-0.4, -0.2) is 23.0 Å². The summed E-state index contributed by atoms with van der Waals surface area (Å²) in [4.78, 5) is 20.4. The smallest absolute Gasteiger partial charge is 0.356 e. The van der Waals surface area contributed by atoms with E-state index < -0.39 is 5.97 Å². The summed E-state index contributed by atoms with van der Waals surface area (Å²) in [6, 6.07) is 13.1. The zero-order chi connectivity index (χ0) is 15.8. The fourth-order valence-electron chi connectivity index (χ4n) is 2.56. The Kier molecular flexibility index (Phi) is 3.05. The molecular formula is C18H12N2O3. The first-order chi connectivity index (χ1) is 11.3. The van der Waals surface area contributed by atoms with Gasteiger partial charge >= 0.3 is 5.97 Å². The molecule has 0 amide bonds. The van der Waals surface area contributed by atoms with Gasteiger partial charge in [-0.3, -0.25) is 4.98 Å². The van der Waals surface area contributed by atoms with E-state index in [1.165, 1.54) is 7.11 Å². The first kappa shape index (κ1) is 13.5. The minimum absolute atomic E-state index is 0.253. The van der Waals surface area contributed by atoms with E-state index in [9.17, 15) is 4.79 Å². The van der Waals surface area contributed by atoms with Crippen LogP contribution in [0, 0.1) is 0 Å². The molecule has 0 spiro atoms. The molecular weight excluding hydrogens is 292 g/mol. The monoisotopic (exact) mass is 304 g/mol. The number of methoxy groups -OCH3 is 1. The van der Waals surface area contributed by atoms with Crippen LogP contribution in [0.25, 0.3) is 33.2 Å². The van der Waals surface area contributed by atoms with Crippen LogP contribution in [0.1, 0.15) is 10.5 Å². The summed E-state index contributed by atoms with van der Waals surface area (Å²) in [6.07, 6.45) is 3.39. The molecule has 0 N–H and O–H groups in total. The SMILES string of the molecule is COC(=O)c1ccc2cncc(-c3cc4ccccc4o3)c2n1. The highest BCUT2D eigenvalue weighted by Crippen LogP contribution is 2.31. The number of fused-ring (bicyclic) bond motifs is 2. The first-order valence-corrected chi connectivity index (χ1v) is 7.08. The average Bonchev–Trinajstić information content (AvgIpc) is 3.04. The standard InChI is InChI=1S/C18H12N2O3/c1-22-18(21)14-7-6-12-9-19-10-13(17(12)20-14)16-8-11-4-2-3-5-15(11)23-16/h2-10H,1H3. The highest BCUT2D eigenvalue weighted by molar-refractivity contribution is 5.97. The van der Waals surface area contributed by atoms with Gasteiger partial charge in [-0.05, 0) is 24.3 Å². The van der Waals surface area contributed by atoms with Gasteiger partial charge in [0, 0.05) is 23.2 Å². The lowest BCUT2D eigenvalue weighted by Gasteiger charge is -2.04. The van der Waals surface area contributed by atoms with Crippen molar-refractivity contribution in [3.05, 3.63) is 60.6 Å². The number of nitrogens with zero attached hydrogens (tertiary/aromatic N) is 2. The number of carbonyl (C=O) groups excluding carboxylic acids is 1. The third kappa shape index (κ3) is 2.23. The van der Waals surface area contributed by atoms with Crippen molar-refractivity contribution in [2.45, 2.75) is 0 Å². The lowest BCUT2D eigenvalue weighted by atomic mass is 10.1. The number of rotatable bonds is 2. The molecule has 0 saturated carbocycles. The molecule has 1 aromatic carbocycles. The minimum Gasteiger partial charge on any atom is -0.464 e. The number of benzene rings is 1. The molecule has 0 aliphatic carbocycles. The quantitative estimate of drug-likeness (QED) is 0.527. The van der Waals surface area contributed by atoms with E-state index in [-0.39, 0.29) is 5.69 Å². The molecule has 5 heteroatoms. The van der Waals surface area contributed by atoms with Crippen LogP contribution < -0.4 is 0 Å². The lowest BCUT2D eigenvalue weighted by molar-refractivity contribution is 0.0594. The second-order valence-electron chi connectivity index (χ2n) is 5.10. The van der Waals surface area contributed by atoms with E-state index in [2.05, 4.69) is 9.97 Å².